The highest BCUT2D eigenvalue weighted by molar-refractivity contribution is 6.01. The number of nitrogens with one attached hydrogen (secondary N) is 1. The molecule has 2 heterocycles. The zero-order valence-corrected chi connectivity index (χ0v) is 16.0. The Hall–Kier alpha value is -3.67. The van der Waals surface area contributed by atoms with Gasteiger partial charge in [-0.2, -0.15) is 0 Å². The second-order valence-corrected chi connectivity index (χ2v) is 6.87. The van der Waals surface area contributed by atoms with E-state index < -0.39 is 6.04 Å². The van der Waals surface area contributed by atoms with Gasteiger partial charge in [-0.05, 0) is 29.3 Å². The average Bonchev–Trinajstić information content (AvgIpc) is 2.78. The van der Waals surface area contributed by atoms with E-state index in [1.54, 1.807) is 29.2 Å². The van der Waals surface area contributed by atoms with Gasteiger partial charge in [0.2, 0.25) is 11.8 Å². The first-order chi connectivity index (χ1) is 14.2. The number of carbonyl (C=O) groups excluding carboxylic acids is 2. The van der Waals surface area contributed by atoms with Crippen LogP contribution in [0.5, 0.6) is 5.88 Å². The molecule has 0 aliphatic carbocycles. The number of benzene rings is 2. The number of rotatable bonds is 4. The Morgan fingerprint density at radius 1 is 1.00 bits per heavy atom. The van der Waals surface area contributed by atoms with Gasteiger partial charge in [0, 0.05) is 24.6 Å². The van der Waals surface area contributed by atoms with Crippen LogP contribution in [0.3, 0.4) is 0 Å². The number of amides is 2. The van der Waals surface area contributed by atoms with Gasteiger partial charge in [-0.25, -0.2) is 4.98 Å². The van der Waals surface area contributed by atoms with Gasteiger partial charge in [0.05, 0.1) is 19.0 Å². The van der Waals surface area contributed by atoms with Crippen molar-refractivity contribution in [3.8, 4) is 5.88 Å². The summed E-state index contributed by atoms with van der Waals surface area (Å²) in [6, 6.07) is 19.8. The number of anilines is 1. The fourth-order valence-electron chi connectivity index (χ4n) is 3.52. The number of methoxy groups -OCH3 is 1. The number of hydrogen-bond donors (Lipinski definition) is 1. The van der Waals surface area contributed by atoms with Crippen molar-refractivity contribution in [1.29, 1.82) is 0 Å². The van der Waals surface area contributed by atoms with Crippen molar-refractivity contribution < 1.29 is 14.3 Å². The largest absolute Gasteiger partial charge is 0.481 e. The van der Waals surface area contributed by atoms with Crippen LogP contribution in [0.25, 0.3) is 0 Å². The van der Waals surface area contributed by atoms with Crippen molar-refractivity contribution in [1.82, 2.24) is 9.88 Å². The van der Waals surface area contributed by atoms with E-state index in [1.807, 2.05) is 42.5 Å². The molecule has 6 heteroatoms. The highest BCUT2D eigenvalue weighted by Crippen LogP contribution is 2.26. The quantitative estimate of drug-likeness (QED) is 0.746. The van der Waals surface area contributed by atoms with Crippen LogP contribution in [-0.4, -0.2) is 34.8 Å². The van der Waals surface area contributed by atoms with Crippen LogP contribution in [0.1, 0.15) is 21.5 Å². The van der Waals surface area contributed by atoms with Gasteiger partial charge in [0.15, 0.2) is 0 Å². The highest BCUT2D eigenvalue weighted by atomic mass is 16.5. The second kappa shape index (κ2) is 8.14. The van der Waals surface area contributed by atoms with Crippen LogP contribution in [0.2, 0.25) is 0 Å². The zero-order chi connectivity index (χ0) is 20.2. The molecule has 146 valence electrons. The first-order valence-electron chi connectivity index (χ1n) is 9.39. The molecule has 0 spiro atoms. The lowest BCUT2D eigenvalue weighted by atomic mass is 9.92. The van der Waals surface area contributed by atoms with Gasteiger partial charge < -0.3 is 15.0 Å². The van der Waals surface area contributed by atoms with Crippen LogP contribution in [0, 0.1) is 0 Å². The van der Waals surface area contributed by atoms with Gasteiger partial charge in [-0.15, -0.1) is 0 Å². The SMILES string of the molecule is COc1ccc(NC(=O)[C@H]2Cc3ccccc3CN2C(=O)c2ccccc2)cn1. The van der Waals surface area contributed by atoms with E-state index in [0.717, 1.165) is 11.1 Å². The molecule has 1 atom stereocenters. The molecule has 0 fully saturated rings. The lowest BCUT2D eigenvalue weighted by Gasteiger charge is -2.36. The number of pyridine rings is 1. The molecule has 0 radical (unpaired) electrons. The van der Waals surface area contributed by atoms with E-state index in [4.69, 9.17) is 4.74 Å². The van der Waals surface area contributed by atoms with Crippen LogP contribution in [-0.2, 0) is 17.8 Å². The topological polar surface area (TPSA) is 71.5 Å². The minimum Gasteiger partial charge on any atom is -0.481 e. The molecule has 0 saturated carbocycles. The monoisotopic (exact) mass is 387 g/mol. The minimum absolute atomic E-state index is 0.159. The third kappa shape index (κ3) is 3.96. The molecule has 29 heavy (non-hydrogen) atoms. The molecule has 1 aliphatic rings. The Balaban J connectivity index is 1.62. The van der Waals surface area contributed by atoms with Crippen molar-refractivity contribution in [2.45, 2.75) is 19.0 Å². The van der Waals surface area contributed by atoms with Crippen molar-refractivity contribution in [3.05, 3.63) is 89.6 Å². The Labute approximate surface area is 169 Å². The summed E-state index contributed by atoms with van der Waals surface area (Å²) in [7, 11) is 1.53. The number of nitrogens with zero attached hydrogens (tertiary/aromatic N) is 2. The number of ether oxygens (including phenoxy) is 1. The molecular weight excluding hydrogens is 366 g/mol. The fraction of sp³-hybridized carbons (Fsp3) is 0.174. The molecule has 6 nitrogen and oxygen atoms in total. The van der Waals surface area contributed by atoms with Crippen molar-refractivity contribution in [2.24, 2.45) is 0 Å². The van der Waals surface area contributed by atoms with E-state index in [-0.39, 0.29) is 11.8 Å². The van der Waals surface area contributed by atoms with Crippen molar-refractivity contribution in [2.75, 3.05) is 12.4 Å². The van der Waals surface area contributed by atoms with Crippen molar-refractivity contribution >= 4 is 17.5 Å². The summed E-state index contributed by atoms with van der Waals surface area (Å²) in [5.74, 6) is 0.0688. The van der Waals surface area contributed by atoms with E-state index in [9.17, 15) is 9.59 Å². The maximum Gasteiger partial charge on any atom is 0.254 e. The Morgan fingerprint density at radius 2 is 1.72 bits per heavy atom. The molecule has 1 aliphatic heterocycles. The Bertz CT molecular complexity index is 1020. The molecule has 2 aromatic carbocycles. The number of carbonyl (C=O) groups is 2. The van der Waals surface area contributed by atoms with Gasteiger partial charge in [-0.1, -0.05) is 42.5 Å². The maximum absolute atomic E-state index is 13.2. The number of fused-ring (bicyclic) bond motifs is 1. The molecule has 2 amide bonds. The average molecular weight is 387 g/mol. The zero-order valence-electron chi connectivity index (χ0n) is 16.0. The van der Waals surface area contributed by atoms with Gasteiger partial charge in [-0.3, -0.25) is 9.59 Å². The standard InChI is InChI=1S/C23H21N3O3/c1-29-21-12-11-19(14-24-21)25-22(27)20-13-17-9-5-6-10-18(17)15-26(20)23(28)16-7-3-2-4-8-16/h2-12,14,20H,13,15H2,1H3,(H,25,27)/t20-/m1/s1. The number of hydrogen-bond acceptors (Lipinski definition) is 4. The lowest BCUT2D eigenvalue weighted by Crippen LogP contribution is -2.50. The first-order valence-corrected chi connectivity index (χ1v) is 9.39. The summed E-state index contributed by atoms with van der Waals surface area (Å²) in [4.78, 5) is 32.0. The lowest BCUT2D eigenvalue weighted by molar-refractivity contribution is -0.121. The third-order valence-electron chi connectivity index (χ3n) is 5.05. The van der Waals surface area contributed by atoms with Crippen LogP contribution >= 0.6 is 0 Å². The summed E-state index contributed by atoms with van der Waals surface area (Å²) >= 11 is 0. The first kappa shape index (κ1) is 18.7. The predicted molar refractivity (Wildman–Crippen MR) is 110 cm³/mol. The predicted octanol–water partition coefficient (Wildman–Crippen LogP) is 3.30. The van der Waals surface area contributed by atoms with E-state index in [0.29, 0.717) is 30.1 Å². The molecule has 4 rings (SSSR count). The number of aromatic nitrogens is 1. The maximum atomic E-state index is 13.2. The van der Waals surface area contributed by atoms with Crippen LogP contribution in [0.15, 0.2) is 72.9 Å². The highest BCUT2D eigenvalue weighted by Gasteiger charge is 2.35. The van der Waals surface area contributed by atoms with Crippen LogP contribution in [0.4, 0.5) is 5.69 Å². The molecule has 0 unspecified atom stereocenters. The van der Waals surface area contributed by atoms with Gasteiger partial charge in [0.1, 0.15) is 6.04 Å². The summed E-state index contributed by atoms with van der Waals surface area (Å²) in [6.07, 6.45) is 2.00. The van der Waals surface area contributed by atoms with Gasteiger partial charge in [0.25, 0.3) is 5.91 Å². The normalized spacial score (nSPS) is 15.3. The van der Waals surface area contributed by atoms with E-state index in [2.05, 4.69) is 10.3 Å². The van der Waals surface area contributed by atoms with Crippen molar-refractivity contribution in [3.63, 3.8) is 0 Å². The summed E-state index contributed by atoms with van der Waals surface area (Å²) < 4.78 is 5.05. The Kier molecular flexibility index (Phi) is 5.24. The molecule has 3 aromatic rings. The fourth-order valence-corrected chi connectivity index (χ4v) is 3.52. The molecule has 1 N–H and O–H groups in total. The molecule has 0 saturated heterocycles. The molecule has 0 bridgehead atoms. The molecule has 1 aromatic heterocycles. The van der Waals surface area contributed by atoms with E-state index in [1.165, 1.54) is 13.3 Å². The van der Waals surface area contributed by atoms with Crippen LogP contribution < -0.4 is 10.1 Å². The Morgan fingerprint density at radius 3 is 2.41 bits per heavy atom. The van der Waals surface area contributed by atoms with Gasteiger partial charge >= 0.3 is 0 Å². The minimum atomic E-state index is -0.611. The summed E-state index contributed by atoms with van der Waals surface area (Å²) in [5.41, 5.74) is 3.27. The second-order valence-electron chi connectivity index (χ2n) is 6.87. The smallest absolute Gasteiger partial charge is 0.254 e. The summed E-state index contributed by atoms with van der Waals surface area (Å²) in [6.45, 7) is 0.392. The summed E-state index contributed by atoms with van der Waals surface area (Å²) in [5, 5.41) is 2.88. The molecular formula is C23H21N3O3. The third-order valence-corrected chi connectivity index (χ3v) is 5.05. The van der Waals surface area contributed by atoms with E-state index >= 15 is 0 Å².